The lowest BCUT2D eigenvalue weighted by molar-refractivity contribution is -0.274. The van der Waals surface area contributed by atoms with E-state index in [1.807, 2.05) is 30.3 Å². The molecule has 0 radical (unpaired) electrons. The lowest BCUT2D eigenvalue weighted by Gasteiger charge is -2.28. The van der Waals surface area contributed by atoms with E-state index in [9.17, 15) is 18.0 Å². The molecule has 0 N–H and O–H groups in total. The molecule has 2 heterocycles. The molecule has 29 heavy (non-hydrogen) atoms. The number of benzene rings is 2. The maximum absolute atomic E-state index is 13.0. The number of thioether (sulfide) groups is 1. The average molecular weight is 416 g/mol. The summed E-state index contributed by atoms with van der Waals surface area (Å²) >= 11 is 1.56. The number of carbonyl (C=O) groups excluding carboxylic acids is 1. The molecule has 4 nitrogen and oxygen atoms in total. The molecule has 0 saturated heterocycles. The lowest BCUT2D eigenvalue weighted by Crippen LogP contribution is -2.33. The molecule has 0 bridgehead atoms. The largest absolute Gasteiger partial charge is 0.573 e. The predicted molar refractivity (Wildman–Crippen MR) is 103 cm³/mol. The number of halogens is 3. The van der Waals surface area contributed by atoms with E-state index in [0.29, 0.717) is 23.5 Å². The van der Waals surface area contributed by atoms with Crippen LogP contribution in [0.3, 0.4) is 0 Å². The van der Waals surface area contributed by atoms with Gasteiger partial charge in [-0.3, -0.25) is 9.78 Å². The summed E-state index contributed by atoms with van der Waals surface area (Å²) in [6.45, 7) is 0.416. The molecule has 148 valence electrons. The van der Waals surface area contributed by atoms with Crippen LogP contribution in [0.1, 0.15) is 16.1 Å². The molecule has 4 rings (SSSR count). The minimum Gasteiger partial charge on any atom is -0.406 e. The molecule has 1 aromatic heterocycles. The summed E-state index contributed by atoms with van der Waals surface area (Å²) in [7, 11) is 0. The average Bonchev–Trinajstić information content (AvgIpc) is 2.70. The van der Waals surface area contributed by atoms with Gasteiger partial charge in [0, 0.05) is 11.1 Å². The van der Waals surface area contributed by atoms with Gasteiger partial charge in [0.2, 0.25) is 0 Å². The van der Waals surface area contributed by atoms with Crippen LogP contribution in [-0.4, -0.2) is 28.0 Å². The van der Waals surface area contributed by atoms with Crippen molar-refractivity contribution in [2.45, 2.75) is 17.8 Å². The molecule has 1 aliphatic rings. The number of hydrogen-bond acceptors (Lipinski definition) is 4. The summed E-state index contributed by atoms with van der Waals surface area (Å²) in [5.41, 5.74) is 2.82. The Morgan fingerprint density at radius 3 is 2.48 bits per heavy atom. The van der Waals surface area contributed by atoms with Crippen molar-refractivity contribution in [1.82, 2.24) is 9.88 Å². The van der Waals surface area contributed by atoms with Crippen LogP contribution >= 0.6 is 11.8 Å². The molecule has 0 fully saturated rings. The molecule has 0 atom stereocenters. The highest BCUT2D eigenvalue weighted by Gasteiger charge is 2.31. The molecule has 3 aromatic rings. The van der Waals surface area contributed by atoms with Gasteiger partial charge in [0.15, 0.2) is 0 Å². The quantitative estimate of drug-likeness (QED) is 0.575. The molecule has 1 amide bonds. The number of aromatic nitrogens is 1. The van der Waals surface area contributed by atoms with Crippen LogP contribution in [0.15, 0.2) is 71.8 Å². The predicted octanol–water partition coefficient (Wildman–Crippen LogP) is 5.35. The number of amides is 1. The maximum atomic E-state index is 13.0. The normalized spacial score (nSPS) is 13.9. The van der Waals surface area contributed by atoms with Crippen LogP contribution < -0.4 is 4.74 Å². The highest BCUT2D eigenvalue weighted by Crippen LogP contribution is 2.34. The Bertz CT molecular complexity index is 1020. The molecule has 2 aromatic carbocycles. The molecule has 0 spiro atoms. The van der Waals surface area contributed by atoms with Crippen LogP contribution in [0, 0.1) is 0 Å². The summed E-state index contributed by atoms with van der Waals surface area (Å²) in [6, 6.07) is 16.6. The van der Waals surface area contributed by atoms with Crippen molar-refractivity contribution in [2.24, 2.45) is 0 Å². The van der Waals surface area contributed by atoms with Crippen molar-refractivity contribution < 1.29 is 22.7 Å². The fourth-order valence-corrected chi connectivity index (χ4v) is 4.00. The van der Waals surface area contributed by atoms with Crippen molar-refractivity contribution >= 4 is 17.7 Å². The fraction of sp³-hybridized carbons (Fsp3) is 0.143. The van der Waals surface area contributed by atoms with Crippen molar-refractivity contribution in [3.63, 3.8) is 0 Å². The zero-order valence-corrected chi connectivity index (χ0v) is 15.8. The van der Waals surface area contributed by atoms with E-state index in [-0.39, 0.29) is 11.7 Å². The Morgan fingerprint density at radius 2 is 1.79 bits per heavy atom. The van der Waals surface area contributed by atoms with Crippen LogP contribution in [0.5, 0.6) is 5.75 Å². The van der Waals surface area contributed by atoms with E-state index in [4.69, 9.17) is 0 Å². The lowest BCUT2D eigenvalue weighted by atomic mass is 10.0. The van der Waals surface area contributed by atoms with Crippen LogP contribution in [-0.2, 0) is 6.54 Å². The van der Waals surface area contributed by atoms with Gasteiger partial charge >= 0.3 is 6.36 Å². The van der Waals surface area contributed by atoms with Gasteiger partial charge in [-0.05, 0) is 47.5 Å². The molecule has 0 aliphatic carbocycles. The Kier molecular flexibility index (Phi) is 5.19. The summed E-state index contributed by atoms with van der Waals surface area (Å²) < 4.78 is 40.9. The Labute approximate surface area is 169 Å². The van der Waals surface area contributed by atoms with Gasteiger partial charge in [-0.15, -0.1) is 24.9 Å². The molecule has 1 aliphatic heterocycles. The first kappa shape index (κ1) is 19.3. The summed E-state index contributed by atoms with van der Waals surface area (Å²) in [4.78, 5) is 19.8. The first-order chi connectivity index (χ1) is 13.9. The fourth-order valence-electron chi connectivity index (χ4n) is 3.03. The van der Waals surface area contributed by atoms with Crippen LogP contribution in [0.4, 0.5) is 13.2 Å². The number of fused-ring (bicyclic) bond motifs is 1. The van der Waals surface area contributed by atoms with Crippen molar-refractivity contribution in [3.05, 3.63) is 78.1 Å². The molecule has 8 heteroatoms. The van der Waals surface area contributed by atoms with Gasteiger partial charge in [0.1, 0.15) is 5.75 Å². The molecule has 0 saturated carbocycles. The highest BCUT2D eigenvalue weighted by molar-refractivity contribution is 7.99. The number of alkyl halides is 3. The zero-order valence-electron chi connectivity index (χ0n) is 15.0. The number of nitrogens with zero attached hydrogens (tertiary/aromatic N) is 2. The summed E-state index contributed by atoms with van der Waals surface area (Å²) in [5.74, 6) is 0.154. The maximum Gasteiger partial charge on any atom is 0.573 e. The van der Waals surface area contributed by atoms with Crippen molar-refractivity contribution in [2.75, 3.05) is 5.88 Å². The number of rotatable bonds is 4. The molecule has 0 unspecified atom stereocenters. The van der Waals surface area contributed by atoms with E-state index in [2.05, 4.69) is 9.72 Å². The van der Waals surface area contributed by atoms with Gasteiger partial charge in [-0.25, -0.2) is 0 Å². The number of ether oxygens (including phenoxy) is 1. The molecular formula is C21H15F3N2O2S. The first-order valence-electron chi connectivity index (χ1n) is 8.71. The highest BCUT2D eigenvalue weighted by atomic mass is 32.2. The molecular weight excluding hydrogens is 401 g/mol. The zero-order chi connectivity index (χ0) is 20.4. The smallest absolute Gasteiger partial charge is 0.406 e. The topological polar surface area (TPSA) is 42.4 Å². The van der Waals surface area contributed by atoms with Crippen LogP contribution in [0.2, 0.25) is 0 Å². The number of pyridine rings is 1. The van der Waals surface area contributed by atoms with E-state index >= 15 is 0 Å². The van der Waals surface area contributed by atoms with Gasteiger partial charge in [0.05, 0.1) is 23.7 Å². The summed E-state index contributed by atoms with van der Waals surface area (Å²) in [5, 5.41) is 0. The van der Waals surface area contributed by atoms with Gasteiger partial charge in [0.25, 0.3) is 5.91 Å². The Hall–Kier alpha value is -3.00. The third-order valence-electron chi connectivity index (χ3n) is 4.37. The second-order valence-electron chi connectivity index (χ2n) is 6.38. The third kappa shape index (κ3) is 4.54. The van der Waals surface area contributed by atoms with E-state index in [1.54, 1.807) is 28.9 Å². The third-order valence-corrected chi connectivity index (χ3v) is 5.48. The second-order valence-corrected chi connectivity index (χ2v) is 7.37. The van der Waals surface area contributed by atoms with Gasteiger partial charge in [-0.1, -0.05) is 24.3 Å². The Morgan fingerprint density at radius 1 is 1.03 bits per heavy atom. The summed E-state index contributed by atoms with van der Waals surface area (Å²) in [6.07, 6.45) is -3.04. The number of hydrogen-bond donors (Lipinski definition) is 0. The second kappa shape index (κ2) is 7.79. The van der Waals surface area contributed by atoms with Crippen molar-refractivity contribution in [1.29, 1.82) is 0 Å². The van der Waals surface area contributed by atoms with E-state index in [1.165, 1.54) is 24.3 Å². The minimum absolute atomic E-state index is 0.0942. The first-order valence-corrected chi connectivity index (χ1v) is 9.70. The van der Waals surface area contributed by atoms with Gasteiger partial charge in [-0.2, -0.15) is 0 Å². The van der Waals surface area contributed by atoms with Crippen LogP contribution in [0.25, 0.3) is 11.1 Å². The Balaban J connectivity index is 1.56. The minimum atomic E-state index is -4.73. The monoisotopic (exact) mass is 416 g/mol. The number of carbonyl (C=O) groups is 1. The standard InChI is InChI=1S/C21H15F3N2O2S/c22-21(23,24)28-17-7-4-14(5-8-17)15-6-9-19-18(11-15)20(27)26(13-29-19)12-16-3-1-2-10-25-16/h1-11H,12-13H2. The van der Waals surface area contributed by atoms with E-state index < -0.39 is 6.36 Å². The van der Waals surface area contributed by atoms with Gasteiger partial charge < -0.3 is 9.64 Å². The van der Waals surface area contributed by atoms with Crippen molar-refractivity contribution in [3.8, 4) is 16.9 Å². The van der Waals surface area contributed by atoms with E-state index in [0.717, 1.165) is 16.2 Å². The SMILES string of the molecule is O=C1c2cc(-c3ccc(OC(F)(F)F)cc3)ccc2SCN1Cc1ccccn1.